The van der Waals surface area contributed by atoms with Crippen molar-refractivity contribution in [3.63, 3.8) is 0 Å². The highest BCUT2D eigenvalue weighted by atomic mass is 16.4. The Hall–Kier alpha value is -1.88. The minimum atomic E-state index is -1.00. The molecule has 0 bridgehead atoms. The predicted molar refractivity (Wildman–Crippen MR) is 62.7 cm³/mol. The van der Waals surface area contributed by atoms with Crippen LogP contribution in [0.3, 0.4) is 0 Å². The SMILES string of the molecule is C[C@@H](N)C(=O)N1c2ccccc2CC1C(=O)O. The van der Waals surface area contributed by atoms with Crippen LogP contribution in [0.2, 0.25) is 0 Å². The molecule has 0 aromatic heterocycles. The first-order chi connectivity index (χ1) is 8.02. The van der Waals surface area contributed by atoms with E-state index < -0.39 is 18.1 Å². The molecular weight excluding hydrogens is 220 g/mol. The van der Waals surface area contributed by atoms with Gasteiger partial charge in [-0.3, -0.25) is 9.69 Å². The number of fused-ring (bicyclic) bond motifs is 1. The van der Waals surface area contributed by atoms with E-state index in [1.54, 1.807) is 19.1 Å². The maximum absolute atomic E-state index is 12.0. The number of carbonyl (C=O) groups excluding carboxylic acids is 1. The van der Waals surface area contributed by atoms with Gasteiger partial charge < -0.3 is 10.8 Å². The van der Waals surface area contributed by atoms with Gasteiger partial charge in [0.05, 0.1) is 6.04 Å². The molecule has 1 aliphatic heterocycles. The number of carbonyl (C=O) groups is 2. The van der Waals surface area contributed by atoms with Gasteiger partial charge in [0.25, 0.3) is 0 Å². The Morgan fingerprint density at radius 1 is 1.47 bits per heavy atom. The molecule has 17 heavy (non-hydrogen) atoms. The van der Waals surface area contributed by atoms with E-state index >= 15 is 0 Å². The molecule has 1 heterocycles. The molecule has 90 valence electrons. The molecule has 1 aromatic rings. The van der Waals surface area contributed by atoms with Crippen LogP contribution in [0.1, 0.15) is 12.5 Å². The summed E-state index contributed by atoms with van der Waals surface area (Å²) in [6.07, 6.45) is 0.337. The van der Waals surface area contributed by atoms with Gasteiger partial charge >= 0.3 is 5.97 Å². The molecule has 2 atom stereocenters. The fraction of sp³-hybridized carbons (Fsp3) is 0.333. The van der Waals surface area contributed by atoms with Crippen molar-refractivity contribution in [2.24, 2.45) is 5.73 Å². The largest absolute Gasteiger partial charge is 0.480 e. The maximum Gasteiger partial charge on any atom is 0.327 e. The van der Waals surface area contributed by atoms with Gasteiger partial charge in [-0.1, -0.05) is 18.2 Å². The lowest BCUT2D eigenvalue weighted by Crippen LogP contribution is -2.49. The molecule has 1 aliphatic rings. The van der Waals surface area contributed by atoms with Crippen LogP contribution in [-0.2, 0) is 16.0 Å². The fourth-order valence-corrected chi connectivity index (χ4v) is 2.08. The second kappa shape index (κ2) is 4.18. The Bertz CT molecular complexity index is 471. The van der Waals surface area contributed by atoms with Gasteiger partial charge in [-0.25, -0.2) is 4.79 Å². The number of nitrogens with zero attached hydrogens (tertiary/aromatic N) is 1. The van der Waals surface area contributed by atoms with E-state index in [1.807, 2.05) is 12.1 Å². The molecule has 1 aromatic carbocycles. The second-order valence-corrected chi connectivity index (χ2v) is 4.18. The molecule has 2 rings (SSSR count). The minimum absolute atomic E-state index is 0.337. The fourth-order valence-electron chi connectivity index (χ4n) is 2.08. The highest BCUT2D eigenvalue weighted by Gasteiger charge is 2.38. The van der Waals surface area contributed by atoms with E-state index in [1.165, 1.54) is 4.90 Å². The van der Waals surface area contributed by atoms with Crippen molar-refractivity contribution in [1.82, 2.24) is 0 Å². The summed E-state index contributed by atoms with van der Waals surface area (Å²) >= 11 is 0. The first-order valence-electron chi connectivity index (χ1n) is 5.41. The Kier molecular flexibility index (Phi) is 2.85. The molecule has 0 saturated heterocycles. The minimum Gasteiger partial charge on any atom is -0.480 e. The van der Waals surface area contributed by atoms with Crippen LogP contribution < -0.4 is 10.6 Å². The van der Waals surface area contributed by atoms with Crippen LogP contribution in [0.15, 0.2) is 24.3 Å². The van der Waals surface area contributed by atoms with Gasteiger partial charge in [0.2, 0.25) is 5.91 Å². The molecule has 5 nitrogen and oxygen atoms in total. The Morgan fingerprint density at radius 3 is 2.71 bits per heavy atom. The van der Waals surface area contributed by atoms with Crippen molar-refractivity contribution in [1.29, 1.82) is 0 Å². The number of carboxylic acids is 1. The lowest BCUT2D eigenvalue weighted by atomic mass is 10.1. The van der Waals surface area contributed by atoms with Gasteiger partial charge in [0, 0.05) is 12.1 Å². The third-order valence-electron chi connectivity index (χ3n) is 2.89. The zero-order valence-electron chi connectivity index (χ0n) is 9.46. The molecule has 1 amide bonds. The monoisotopic (exact) mass is 234 g/mol. The molecule has 3 N–H and O–H groups in total. The van der Waals surface area contributed by atoms with Crippen LogP contribution in [0.25, 0.3) is 0 Å². The van der Waals surface area contributed by atoms with Crippen LogP contribution in [0, 0.1) is 0 Å². The topological polar surface area (TPSA) is 83.6 Å². The normalized spacial score (nSPS) is 19.9. The number of hydrogen-bond acceptors (Lipinski definition) is 3. The Labute approximate surface area is 98.8 Å². The van der Waals surface area contributed by atoms with Crippen molar-refractivity contribution in [2.45, 2.75) is 25.4 Å². The standard InChI is InChI=1S/C12H14N2O3/c1-7(13)11(15)14-9-5-3-2-4-8(9)6-10(14)12(16)17/h2-5,7,10H,6,13H2,1H3,(H,16,17)/t7-,10?/m1/s1. The van der Waals surface area contributed by atoms with Crippen molar-refractivity contribution >= 4 is 17.6 Å². The molecule has 0 saturated carbocycles. The number of aliphatic carboxylic acids is 1. The lowest BCUT2D eigenvalue weighted by Gasteiger charge is -2.24. The first kappa shape index (κ1) is 11.6. The molecule has 0 radical (unpaired) electrons. The zero-order chi connectivity index (χ0) is 12.6. The highest BCUT2D eigenvalue weighted by molar-refractivity contribution is 6.04. The van der Waals surface area contributed by atoms with Gasteiger partial charge in [0.15, 0.2) is 0 Å². The van der Waals surface area contributed by atoms with E-state index in [2.05, 4.69) is 0 Å². The summed E-state index contributed by atoms with van der Waals surface area (Å²) in [5, 5.41) is 9.15. The summed E-state index contributed by atoms with van der Waals surface area (Å²) in [7, 11) is 0. The van der Waals surface area contributed by atoms with Crippen molar-refractivity contribution < 1.29 is 14.7 Å². The highest BCUT2D eigenvalue weighted by Crippen LogP contribution is 2.32. The molecular formula is C12H14N2O3. The van der Waals surface area contributed by atoms with Crippen LogP contribution in [0.4, 0.5) is 5.69 Å². The quantitative estimate of drug-likeness (QED) is 0.774. The van der Waals surface area contributed by atoms with Crippen molar-refractivity contribution in [2.75, 3.05) is 4.90 Å². The molecule has 5 heteroatoms. The molecule has 0 spiro atoms. The second-order valence-electron chi connectivity index (χ2n) is 4.18. The van der Waals surface area contributed by atoms with Gasteiger partial charge in [-0.15, -0.1) is 0 Å². The molecule has 0 aliphatic carbocycles. The van der Waals surface area contributed by atoms with E-state index in [0.29, 0.717) is 12.1 Å². The van der Waals surface area contributed by atoms with Gasteiger partial charge in [0.1, 0.15) is 6.04 Å². The lowest BCUT2D eigenvalue weighted by molar-refractivity contribution is -0.140. The predicted octanol–water partition coefficient (Wildman–Crippen LogP) is 0.376. The van der Waals surface area contributed by atoms with Crippen molar-refractivity contribution in [3.8, 4) is 0 Å². The van der Waals surface area contributed by atoms with Crippen LogP contribution in [-0.4, -0.2) is 29.1 Å². The number of benzene rings is 1. The average molecular weight is 234 g/mol. The van der Waals surface area contributed by atoms with Crippen molar-refractivity contribution in [3.05, 3.63) is 29.8 Å². The molecule has 0 fully saturated rings. The summed E-state index contributed by atoms with van der Waals surface area (Å²) in [6, 6.07) is 5.65. The summed E-state index contributed by atoms with van der Waals surface area (Å²) in [5.74, 6) is -1.36. The summed E-state index contributed by atoms with van der Waals surface area (Å²) in [5.41, 5.74) is 7.08. The summed E-state index contributed by atoms with van der Waals surface area (Å²) < 4.78 is 0. The molecule has 1 unspecified atom stereocenters. The average Bonchev–Trinajstić information content (AvgIpc) is 2.67. The smallest absolute Gasteiger partial charge is 0.327 e. The maximum atomic E-state index is 12.0. The van der Waals surface area contributed by atoms with E-state index in [0.717, 1.165) is 5.56 Å². The number of anilines is 1. The first-order valence-corrected chi connectivity index (χ1v) is 5.41. The third kappa shape index (κ3) is 1.89. The number of hydrogen-bond donors (Lipinski definition) is 2. The third-order valence-corrected chi connectivity index (χ3v) is 2.89. The van der Waals surface area contributed by atoms with Gasteiger partial charge in [-0.2, -0.15) is 0 Å². The summed E-state index contributed by atoms with van der Waals surface area (Å²) in [6.45, 7) is 1.56. The number of nitrogens with two attached hydrogens (primary N) is 1. The number of carboxylic acid groups (broad SMARTS) is 1. The number of para-hydroxylation sites is 1. The van der Waals surface area contributed by atoms with E-state index in [4.69, 9.17) is 10.8 Å². The number of amides is 1. The zero-order valence-corrected chi connectivity index (χ0v) is 9.46. The van der Waals surface area contributed by atoms with Crippen LogP contribution in [0.5, 0.6) is 0 Å². The summed E-state index contributed by atoms with van der Waals surface area (Å²) in [4.78, 5) is 24.4. The number of rotatable bonds is 2. The van der Waals surface area contributed by atoms with E-state index in [9.17, 15) is 9.59 Å². The van der Waals surface area contributed by atoms with Crippen LogP contribution >= 0.6 is 0 Å². The van der Waals surface area contributed by atoms with E-state index in [-0.39, 0.29) is 5.91 Å². The van der Waals surface area contributed by atoms with Gasteiger partial charge in [-0.05, 0) is 18.6 Å². The Morgan fingerprint density at radius 2 is 2.12 bits per heavy atom. The Balaban J connectivity index is 2.44.